The van der Waals surface area contributed by atoms with Crippen LogP contribution in [-0.4, -0.2) is 120 Å². The highest BCUT2D eigenvalue weighted by Gasteiger charge is 2.39. The average Bonchev–Trinajstić information content (AvgIpc) is 1.04. The number of sulfonamides is 2. The van der Waals surface area contributed by atoms with Gasteiger partial charge in [0.15, 0.2) is 11.6 Å². The van der Waals surface area contributed by atoms with Crippen LogP contribution in [0.1, 0.15) is 78.1 Å². The van der Waals surface area contributed by atoms with Gasteiger partial charge in [-0.2, -0.15) is 23.9 Å². The molecule has 2 fully saturated rings. The fourth-order valence-corrected chi connectivity index (χ4v) is 15.8. The van der Waals surface area contributed by atoms with Gasteiger partial charge in [-0.1, -0.05) is 83.8 Å². The fourth-order valence-electron chi connectivity index (χ4n) is 10.0. The van der Waals surface area contributed by atoms with Gasteiger partial charge < -0.3 is 5.11 Å². The Labute approximate surface area is 553 Å². The second-order valence-corrected chi connectivity index (χ2v) is 29.1. The number of ketones is 2. The molecule has 0 aliphatic carbocycles. The van der Waals surface area contributed by atoms with E-state index in [1.165, 1.54) is 68.2 Å². The monoisotopic (exact) mass is 1360 g/mol. The molecule has 4 N–H and O–H groups in total. The molecule has 0 unspecified atom stereocenters. The molecule has 2 saturated heterocycles. The normalized spacial score (nSPS) is 13.6. The maximum Gasteiger partial charge on any atom is 0.335 e. The molecule has 11 aromatic rings. The van der Waals surface area contributed by atoms with Gasteiger partial charge in [-0.15, -0.1) is 0 Å². The van der Waals surface area contributed by atoms with E-state index < -0.39 is 37.7 Å². The Morgan fingerprint density at radius 3 is 1.09 bits per heavy atom. The van der Waals surface area contributed by atoms with Crippen molar-refractivity contribution in [3.63, 3.8) is 0 Å². The van der Waals surface area contributed by atoms with Crippen molar-refractivity contribution < 1.29 is 45.1 Å². The summed E-state index contributed by atoms with van der Waals surface area (Å²) in [5, 5.41) is 33.4. The molecule has 6 aromatic heterocycles. The van der Waals surface area contributed by atoms with E-state index in [0.717, 1.165) is 88.2 Å². The predicted octanol–water partition coefficient (Wildman–Crippen LogP) is 12.4. The van der Waals surface area contributed by atoms with Crippen LogP contribution >= 0.6 is 35.3 Å². The smallest absolute Gasteiger partial charge is 0.335 e. The number of nitrogens with zero attached hydrogens (tertiary/aromatic N) is 8. The third-order valence-electron chi connectivity index (χ3n) is 14.9. The molecule has 0 atom stereocenters. The topological polar surface area (TPSA) is 271 Å². The minimum atomic E-state index is -3.67. The van der Waals surface area contributed by atoms with Crippen LogP contribution in [-0.2, 0) is 39.3 Å². The Bertz CT molecular complexity index is 4410. The third-order valence-corrected chi connectivity index (χ3v) is 21.3. The van der Waals surface area contributed by atoms with Crippen LogP contribution in [0.4, 0.5) is 8.78 Å². The fraction of sp³-hybridized carbons (Fsp3) is 0.162. The number of carboxylic acid groups (broad SMARTS) is 1. The molecular formula is C68H59F2N11O8S5. The first-order valence-electron chi connectivity index (χ1n) is 29.4. The SMILES string of the molecule is O=C(CC1CN(S(=O)(=O)c2ccc(F)cc2)C1)c1cccc(Sc2cc(Cc3ccccn3)[nH]n2)c1.O=C(CC1CN(S(=O)(=O)c2ccc(F)cc2)C1)c1cccc(Sc2cc(Cc3ccccn3)[nH]n2)c1.O=C(O)c1cccc(Sc2cc(Cc3ccccn3)[nH]n2)c1. The van der Waals surface area contributed by atoms with Crippen molar-refractivity contribution in [2.24, 2.45) is 11.8 Å². The summed E-state index contributed by atoms with van der Waals surface area (Å²) in [4.78, 5) is 52.4. The molecule has 0 saturated carbocycles. The number of nitrogens with one attached hydrogen (secondary N) is 3. The van der Waals surface area contributed by atoms with Crippen LogP contribution in [0.15, 0.2) is 252 Å². The summed E-state index contributed by atoms with van der Waals surface area (Å²) in [6, 6.07) is 54.4. The number of Topliss-reactive ketones (excluding diaryl/α,β-unsaturated/α-hetero) is 2. The second kappa shape index (κ2) is 30.6. The van der Waals surface area contributed by atoms with Crippen molar-refractivity contribution in [3.05, 3.63) is 275 Å². The first-order chi connectivity index (χ1) is 45.4. The highest BCUT2D eigenvalue weighted by atomic mass is 32.2. The summed E-state index contributed by atoms with van der Waals surface area (Å²) in [6.07, 6.45) is 7.80. The number of benzene rings is 5. The van der Waals surface area contributed by atoms with Crippen molar-refractivity contribution in [1.82, 2.24) is 54.2 Å². The molecule has 0 radical (unpaired) electrons. The van der Waals surface area contributed by atoms with Crippen molar-refractivity contribution in [2.75, 3.05) is 26.2 Å². The molecule has 0 bridgehead atoms. The zero-order valence-electron chi connectivity index (χ0n) is 49.9. The lowest BCUT2D eigenvalue weighted by Gasteiger charge is -2.37. The minimum Gasteiger partial charge on any atom is -0.478 e. The number of aromatic nitrogens is 9. The number of carbonyl (C=O) groups is 3. The van der Waals surface area contributed by atoms with E-state index in [0.29, 0.717) is 30.4 Å². The maximum atomic E-state index is 13.1. The highest BCUT2D eigenvalue weighted by Crippen LogP contribution is 2.34. The Morgan fingerprint density at radius 1 is 0.436 bits per heavy atom. The third kappa shape index (κ3) is 17.9. The summed E-state index contributed by atoms with van der Waals surface area (Å²) in [6.45, 7) is 1.08. The van der Waals surface area contributed by atoms with Crippen LogP contribution in [0.5, 0.6) is 0 Å². The van der Waals surface area contributed by atoms with E-state index in [4.69, 9.17) is 5.11 Å². The molecule has 478 valence electrons. The number of halogens is 2. The maximum absolute atomic E-state index is 13.1. The number of hydrogen-bond acceptors (Lipinski definition) is 16. The lowest BCUT2D eigenvalue weighted by molar-refractivity contribution is 0.0695. The minimum absolute atomic E-state index is 0.0286. The summed E-state index contributed by atoms with van der Waals surface area (Å²) >= 11 is 4.35. The lowest BCUT2D eigenvalue weighted by Crippen LogP contribution is -2.50. The molecule has 0 amide bonds. The number of hydrogen-bond donors (Lipinski definition) is 4. The van der Waals surface area contributed by atoms with Gasteiger partial charge in [0.1, 0.15) is 26.7 Å². The number of carbonyl (C=O) groups excluding carboxylic acids is 2. The van der Waals surface area contributed by atoms with E-state index in [1.54, 1.807) is 48.9 Å². The van der Waals surface area contributed by atoms with E-state index in [9.17, 15) is 40.0 Å². The van der Waals surface area contributed by atoms with Gasteiger partial charge in [-0.25, -0.2) is 30.4 Å². The Kier molecular flexibility index (Phi) is 21.6. The lowest BCUT2D eigenvalue weighted by atomic mass is 9.94. The van der Waals surface area contributed by atoms with Gasteiger partial charge >= 0.3 is 5.97 Å². The molecule has 2 aliphatic heterocycles. The molecular weight excluding hydrogens is 1300 g/mol. The standard InChI is InChI=1S/2C26H23FN4O3S2.C16H13N3O2S/c2*27-20-7-9-24(10-8-20)36(33,34)31-16-18(17-31)12-25(32)19-4-3-6-23(13-19)35-26-15-22(29-30-26)14-21-5-1-2-11-28-21;20-16(21)11-4-3-6-14(8-11)22-15-10-13(18-19-15)9-12-5-1-2-7-17-12/h2*1-11,13,15,18H,12,14,16-17H2,(H,29,30);1-8,10H,9H2,(H,18,19)(H,20,21). The largest absolute Gasteiger partial charge is 0.478 e. The number of carboxylic acids is 1. The Hall–Kier alpha value is -9.28. The molecule has 0 spiro atoms. The second-order valence-electron chi connectivity index (χ2n) is 21.9. The van der Waals surface area contributed by atoms with Crippen molar-refractivity contribution in [2.45, 2.75) is 71.7 Å². The van der Waals surface area contributed by atoms with Crippen LogP contribution in [0.3, 0.4) is 0 Å². The number of rotatable bonds is 23. The van der Waals surface area contributed by atoms with Crippen molar-refractivity contribution in [3.8, 4) is 0 Å². The number of H-pyrrole nitrogens is 3. The van der Waals surface area contributed by atoms with E-state index in [1.807, 2.05) is 115 Å². The van der Waals surface area contributed by atoms with Gasteiger partial charge in [-0.3, -0.25) is 39.8 Å². The zero-order valence-corrected chi connectivity index (χ0v) is 54.0. The van der Waals surface area contributed by atoms with E-state index >= 15 is 0 Å². The first-order valence-corrected chi connectivity index (χ1v) is 34.7. The highest BCUT2D eigenvalue weighted by molar-refractivity contribution is 7.99. The van der Waals surface area contributed by atoms with Gasteiger partial charge in [0, 0.05) is 137 Å². The predicted molar refractivity (Wildman–Crippen MR) is 351 cm³/mol. The summed E-state index contributed by atoms with van der Waals surface area (Å²) < 4.78 is 79.5. The Morgan fingerprint density at radius 2 is 0.766 bits per heavy atom. The summed E-state index contributed by atoms with van der Waals surface area (Å²) in [5.74, 6) is -2.06. The van der Waals surface area contributed by atoms with Crippen molar-refractivity contribution >= 4 is 72.9 Å². The van der Waals surface area contributed by atoms with Crippen molar-refractivity contribution in [1.29, 1.82) is 0 Å². The van der Waals surface area contributed by atoms with E-state index in [2.05, 4.69) is 45.5 Å². The number of aromatic carboxylic acids is 1. The molecule has 26 heteroatoms. The average molecular weight is 1360 g/mol. The van der Waals surface area contributed by atoms with Crippen LogP contribution in [0.2, 0.25) is 0 Å². The van der Waals surface area contributed by atoms with Gasteiger partial charge in [-0.05, 0) is 157 Å². The summed E-state index contributed by atoms with van der Waals surface area (Å²) in [7, 11) is -7.35. The number of aromatic amines is 3. The van der Waals surface area contributed by atoms with Crippen LogP contribution in [0.25, 0.3) is 0 Å². The molecule has 13 rings (SSSR count). The number of pyridine rings is 3. The Balaban J connectivity index is 0.000000148. The molecule has 94 heavy (non-hydrogen) atoms. The molecule has 19 nitrogen and oxygen atoms in total. The first kappa shape index (κ1) is 66.2. The zero-order chi connectivity index (χ0) is 65.6. The van der Waals surface area contributed by atoms with Gasteiger partial charge in [0.2, 0.25) is 20.0 Å². The summed E-state index contributed by atoms with van der Waals surface area (Å²) in [5.41, 5.74) is 7.19. The van der Waals surface area contributed by atoms with E-state index in [-0.39, 0.29) is 77.8 Å². The molecule has 5 aromatic carbocycles. The molecule has 2 aliphatic rings. The van der Waals surface area contributed by atoms with Crippen LogP contribution in [0, 0.1) is 23.5 Å². The quantitative estimate of drug-likeness (QED) is 0.0433. The van der Waals surface area contributed by atoms with Gasteiger partial charge in [0.05, 0.1) is 15.4 Å². The van der Waals surface area contributed by atoms with Gasteiger partial charge in [0.25, 0.3) is 0 Å². The van der Waals surface area contributed by atoms with Crippen LogP contribution < -0.4 is 0 Å². The molecule has 8 heterocycles.